The van der Waals surface area contributed by atoms with Gasteiger partial charge in [-0.15, -0.1) is 0 Å². The average molecular weight is 374 g/mol. The first kappa shape index (κ1) is 17.9. The van der Waals surface area contributed by atoms with Gasteiger partial charge in [-0.05, 0) is 48.9 Å². The second-order valence-corrected chi connectivity index (χ2v) is 6.32. The number of carbonyl (C=O) groups excluding carboxylic acids is 2. The van der Waals surface area contributed by atoms with Gasteiger partial charge in [-0.1, -0.05) is 11.6 Å². The van der Waals surface area contributed by atoms with E-state index in [4.69, 9.17) is 11.6 Å². The molecule has 2 amide bonds. The summed E-state index contributed by atoms with van der Waals surface area (Å²) in [6.07, 6.45) is 0.0514. The number of amides is 2. The van der Waals surface area contributed by atoms with Gasteiger partial charge in [0.15, 0.2) is 0 Å². The van der Waals surface area contributed by atoms with Crippen LogP contribution in [0.2, 0.25) is 5.02 Å². The van der Waals surface area contributed by atoms with Crippen molar-refractivity contribution in [2.75, 3.05) is 12.4 Å². The molecule has 3 rings (SSSR count). The predicted molar refractivity (Wildman–Crippen MR) is 100 cm³/mol. The van der Waals surface area contributed by atoms with E-state index in [0.717, 1.165) is 16.8 Å². The summed E-state index contributed by atoms with van der Waals surface area (Å²) >= 11 is 6.11. The summed E-state index contributed by atoms with van der Waals surface area (Å²) in [6.45, 7) is 1.83. The summed E-state index contributed by atoms with van der Waals surface area (Å²) < 4.78 is 13.5. The van der Waals surface area contributed by atoms with Crippen LogP contribution in [0.25, 0.3) is 10.9 Å². The van der Waals surface area contributed by atoms with Gasteiger partial charge in [0.1, 0.15) is 5.82 Å². The standard InChI is InChI=1S/C19H17ClFN3O2/c1-10-13(14-8-12(21)4-6-16(14)23-10)9-18(25)24-17-7-11(19(26)22-2)3-5-15(17)20/h3-8,23H,9H2,1-2H3,(H,22,26)(H,24,25). The highest BCUT2D eigenvalue weighted by Gasteiger charge is 2.15. The Morgan fingerprint density at radius 2 is 1.96 bits per heavy atom. The lowest BCUT2D eigenvalue weighted by molar-refractivity contribution is -0.115. The van der Waals surface area contributed by atoms with Crippen LogP contribution in [0.1, 0.15) is 21.6 Å². The molecule has 0 bridgehead atoms. The van der Waals surface area contributed by atoms with Crippen LogP contribution in [0.15, 0.2) is 36.4 Å². The molecule has 0 aliphatic rings. The van der Waals surface area contributed by atoms with E-state index < -0.39 is 0 Å². The number of rotatable bonds is 4. The second-order valence-electron chi connectivity index (χ2n) is 5.92. The first-order valence-electron chi connectivity index (χ1n) is 7.97. The van der Waals surface area contributed by atoms with E-state index in [-0.39, 0.29) is 24.1 Å². The molecule has 0 unspecified atom stereocenters. The Kier molecular flexibility index (Phi) is 4.95. The zero-order valence-corrected chi connectivity index (χ0v) is 15.0. The van der Waals surface area contributed by atoms with Crippen molar-refractivity contribution in [1.29, 1.82) is 0 Å². The largest absolute Gasteiger partial charge is 0.358 e. The van der Waals surface area contributed by atoms with Crippen LogP contribution < -0.4 is 10.6 Å². The molecular formula is C19H17ClFN3O2. The Morgan fingerprint density at radius 3 is 2.69 bits per heavy atom. The third kappa shape index (κ3) is 3.55. The summed E-state index contributed by atoms with van der Waals surface area (Å²) in [5.41, 5.74) is 3.02. The number of hydrogen-bond donors (Lipinski definition) is 3. The molecule has 0 fully saturated rings. The monoisotopic (exact) mass is 373 g/mol. The minimum atomic E-state index is -0.362. The predicted octanol–water partition coefficient (Wildman–Crippen LogP) is 3.81. The van der Waals surface area contributed by atoms with Crippen molar-refractivity contribution in [3.05, 3.63) is 64.1 Å². The smallest absolute Gasteiger partial charge is 0.251 e. The Bertz CT molecular complexity index is 1010. The van der Waals surface area contributed by atoms with Gasteiger partial charge in [-0.3, -0.25) is 9.59 Å². The van der Waals surface area contributed by atoms with Crippen LogP contribution >= 0.6 is 11.6 Å². The van der Waals surface area contributed by atoms with Crippen molar-refractivity contribution < 1.29 is 14.0 Å². The molecule has 7 heteroatoms. The summed E-state index contributed by atoms with van der Waals surface area (Å²) in [5, 5.41) is 6.23. The molecule has 26 heavy (non-hydrogen) atoms. The zero-order chi connectivity index (χ0) is 18.8. The molecule has 134 valence electrons. The summed E-state index contributed by atoms with van der Waals surface area (Å²) in [4.78, 5) is 27.4. The zero-order valence-electron chi connectivity index (χ0n) is 14.2. The minimum Gasteiger partial charge on any atom is -0.358 e. The molecule has 1 aromatic heterocycles. The maximum atomic E-state index is 13.5. The minimum absolute atomic E-state index is 0.0514. The van der Waals surface area contributed by atoms with Crippen LogP contribution in [0.3, 0.4) is 0 Å². The van der Waals surface area contributed by atoms with Gasteiger partial charge in [0.2, 0.25) is 5.91 Å². The number of aromatic amines is 1. The van der Waals surface area contributed by atoms with Crippen molar-refractivity contribution >= 4 is 40.0 Å². The van der Waals surface area contributed by atoms with Crippen molar-refractivity contribution in [3.63, 3.8) is 0 Å². The van der Waals surface area contributed by atoms with Gasteiger partial charge in [-0.25, -0.2) is 4.39 Å². The average Bonchev–Trinajstić information content (AvgIpc) is 2.91. The van der Waals surface area contributed by atoms with E-state index in [1.165, 1.54) is 25.2 Å². The lowest BCUT2D eigenvalue weighted by atomic mass is 10.1. The van der Waals surface area contributed by atoms with Crippen molar-refractivity contribution in [1.82, 2.24) is 10.3 Å². The lowest BCUT2D eigenvalue weighted by Crippen LogP contribution is -2.19. The number of benzene rings is 2. The van der Waals surface area contributed by atoms with Gasteiger partial charge < -0.3 is 15.6 Å². The van der Waals surface area contributed by atoms with E-state index in [1.54, 1.807) is 18.2 Å². The molecule has 3 aromatic rings. The fourth-order valence-corrected chi connectivity index (χ4v) is 3.01. The SMILES string of the molecule is CNC(=O)c1ccc(Cl)c(NC(=O)Cc2c(C)[nH]c3ccc(F)cc23)c1. The number of H-pyrrole nitrogens is 1. The number of carbonyl (C=O) groups is 2. The topological polar surface area (TPSA) is 74.0 Å². The van der Waals surface area contributed by atoms with E-state index in [0.29, 0.717) is 21.7 Å². The Balaban J connectivity index is 1.85. The second kappa shape index (κ2) is 7.17. The van der Waals surface area contributed by atoms with Gasteiger partial charge in [0.25, 0.3) is 5.91 Å². The molecule has 0 saturated heterocycles. The number of hydrogen-bond acceptors (Lipinski definition) is 2. The number of anilines is 1. The van der Waals surface area contributed by atoms with Gasteiger partial charge in [-0.2, -0.15) is 0 Å². The number of halogens is 2. The van der Waals surface area contributed by atoms with Crippen LogP contribution in [0, 0.1) is 12.7 Å². The van der Waals surface area contributed by atoms with Crippen LogP contribution in [0.5, 0.6) is 0 Å². The molecule has 0 spiro atoms. The van der Waals surface area contributed by atoms with Gasteiger partial charge >= 0.3 is 0 Å². The molecule has 1 heterocycles. The first-order chi connectivity index (χ1) is 12.4. The summed E-state index contributed by atoms with van der Waals surface area (Å²) in [7, 11) is 1.52. The summed E-state index contributed by atoms with van der Waals surface area (Å²) in [6, 6.07) is 9.05. The third-order valence-electron chi connectivity index (χ3n) is 4.15. The van der Waals surface area contributed by atoms with Crippen molar-refractivity contribution in [2.45, 2.75) is 13.3 Å². The van der Waals surface area contributed by atoms with E-state index in [9.17, 15) is 14.0 Å². The van der Waals surface area contributed by atoms with Crippen LogP contribution in [-0.4, -0.2) is 23.8 Å². The number of aromatic nitrogens is 1. The van der Waals surface area contributed by atoms with Crippen molar-refractivity contribution in [3.8, 4) is 0 Å². The Hall–Kier alpha value is -2.86. The van der Waals surface area contributed by atoms with Gasteiger partial charge in [0, 0.05) is 29.2 Å². The highest BCUT2D eigenvalue weighted by Crippen LogP contribution is 2.26. The number of nitrogens with one attached hydrogen (secondary N) is 3. The third-order valence-corrected chi connectivity index (χ3v) is 4.48. The lowest BCUT2D eigenvalue weighted by Gasteiger charge is -2.09. The Labute approximate surface area is 154 Å². The number of aryl methyl sites for hydroxylation is 1. The van der Waals surface area contributed by atoms with Crippen LogP contribution in [0.4, 0.5) is 10.1 Å². The highest BCUT2D eigenvalue weighted by molar-refractivity contribution is 6.34. The van der Waals surface area contributed by atoms with Crippen molar-refractivity contribution in [2.24, 2.45) is 0 Å². The molecular weight excluding hydrogens is 357 g/mol. The first-order valence-corrected chi connectivity index (χ1v) is 8.35. The summed E-state index contributed by atoms with van der Waals surface area (Å²) in [5.74, 6) is -0.950. The molecule has 0 saturated carbocycles. The van der Waals surface area contributed by atoms with Gasteiger partial charge in [0.05, 0.1) is 17.1 Å². The molecule has 0 aliphatic heterocycles. The molecule has 3 N–H and O–H groups in total. The maximum absolute atomic E-state index is 13.5. The molecule has 0 atom stereocenters. The fourth-order valence-electron chi connectivity index (χ4n) is 2.84. The molecule has 0 radical (unpaired) electrons. The maximum Gasteiger partial charge on any atom is 0.251 e. The molecule has 5 nitrogen and oxygen atoms in total. The highest BCUT2D eigenvalue weighted by atomic mass is 35.5. The van der Waals surface area contributed by atoms with E-state index in [1.807, 2.05) is 6.92 Å². The van der Waals surface area contributed by atoms with E-state index in [2.05, 4.69) is 15.6 Å². The molecule has 2 aromatic carbocycles. The normalized spacial score (nSPS) is 10.8. The quantitative estimate of drug-likeness (QED) is 0.650. The van der Waals surface area contributed by atoms with Crippen LogP contribution in [-0.2, 0) is 11.2 Å². The van der Waals surface area contributed by atoms with E-state index >= 15 is 0 Å². The molecule has 0 aliphatic carbocycles. The number of fused-ring (bicyclic) bond motifs is 1. The Morgan fingerprint density at radius 1 is 1.19 bits per heavy atom. The fraction of sp³-hybridized carbons (Fsp3) is 0.158.